The molecule has 0 spiro atoms. The van der Waals surface area contributed by atoms with Crippen molar-refractivity contribution in [1.29, 1.82) is 0 Å². The van der Waals surface area contributed by atoms with E-state index in [1.165, 1.54) is 4.90 Å². The Kier molecular flexibility index (Phi) is 7.43. The third kappa shape index (κ3) is 4.89. The van der Waals surface area contributed by atoms with Gasteiger partial charge in [0.1, 0.15) is 5.00 Å². The van der Waals surface area contributed by atoms with E-state index >= 15 is 0 Å². The molecule has 0 saturated heterocycles. The summed E-state index contributed by atoms with van der Waals surface area (Å²) in [5.41, 5.74) is 2.37. The van der Waals surface area contributed by atoms with Crippen molar-refractivity contribution in [3.8, 4) is 0 Å². The lowest BCUT2D eigenvalue weighted by molar-refractivity contribution is -0.116. The molecule has 1 N–H and O–H groups in total. The lowest BCUT2D eigenvalue weighted by atomic mass is 9.90. The van der Waals surface area contributed by atoms with Crippen LogP contribution in [0, 0.1) is 6.92 Å². The first-order valence-electron chi connectivity index (χ1n) is 10.3. The summed E-state index contributed by atoms with van der Waals surface area (Å²) in [6, 6.07) is 18.9. The Bertz CT molecular complexity index is 1070. The first-order valence-corrected chi connectivity index (χ1v) is 11.1. The van der Waals surface area contributed by atoms with E-state index in [9.17, 15) is 14.4 Å². The smallest absolute Gasteiger partial charge is 0.341 e. The molecule has 0 aliphatic rings. The lowest BCUT2D eigenvalue weighted by Gasteiger charge is -2.18. The molecule has 3 rings (SSSR count). The zero-order valence-electron chi connectivity index (χ0n) is 18.5. The second-order valence-corrected chi connectivity index (χ2v) is 8.44. The summed E-state index contributed by atoms with van der Waals surface area (Å²) in [6.45, 7) is 3.60. The predicted molar refractivity (Wildman–Crippen MR) is 126 cm³/mol. The summed E-state index contributed by atoms with van der Waals surface area (Å²) in [4.78, 5) is 40.7. The number of ether oxygens (including phenoxy) is 1. The Morgan fingerprint density at radius 3 is 1.97 bits per heavy atom. The van der Waals surface area contributed by atoms with Crippen molar-refractivity contribution < 1.29 is 19.1 Å². The maximum absolute atomic E-state index is 13.5. The van der Waals surface area contributed by atoms with Crippen LogP contribution in [0.2, 0.25) is 0 Å². The highest BCUT2D eigenvalue weighted by Gasteiger charge is 2.30. The largest absolute Gasteiger partial charge is 0.462 e. The number of hydrogen-bond acceptors (Lipinski definition) is 5. The molecule has 0 saturated carbocycles. The molecule has 0 bridgehead atoms. The van der Waals surface area contributed by atoms with Crippen LogP contribution in [0.5, 0.6) is 0 Å². The van der Waals surface area contributed by atoms with Gasteiger partial charge >= 0.3 is 5.97 Å². The van der Waals surface area contributed by atoms with Gasteiger partial charge < -0.3 is 15.0 Å². The number of hydrogen-bond donors (Lipinski definition) is 1. The van der Waals surface area contributed by atoms with Crippen LogP contribution in [-0.2, 0) is 9.53 Å². The maximum atomic E-state index is 13.5. The van der Waals surface area contributed by atoms with Crippen LogP contribution in [-0.4, -0.2) is 43.4 Å². The lowest BCUT2D eigenvalue weighted by Crippen LogP contribution is -2.23. The average Bonchev–Trinajstić information content (AvgIpc) is 3.10. The molecule has 0 atom stereocenters. The minimum absolute atomic E-state index is 0.190. The fourth-order valence-electron chi connectivity index (χ4n) is 3.43. The van der Waals surface area contributed by atoms with Crippen molar-refractivity contribution >= 4 is 34.1 Å². The summed E-state index contributed by atoms with van der Waals surface area (Å²) in [6.07, 6.45) is 0. The van der Waals surface area contributed by atoms with Crippen molar-refractivity contribution in [3.63, 3.8) is 0 Å². The highest BCUT2D eigenvalue weighted by Crippen LogP contribution is 2.36. The molecule has 2 amide bonds. The van der Waals surface area contributed by atoms with Crippen LogP contribution in [0.1, 0.15) is 49.6 Å². The molecule has 0 fully saturated rings. The number of thiophene rings is 1. The van der Waals surface area contributed by atoms with Crippen molar-refractivity contribution in [2.24, 2.45) is 0 Å². The fourth-order valence-corrected chi connectivity index (χ4v) is 4.65. The van der Waals surface area contributed by atoms with E-state index in [-0.39, 0.29) is 24.0 Å². The van der Waals surface area contributed by atoms with Gasteiger partial charge in [0, 0.05) is 14.1 Å². The standard InChI is InChI=1S/C25H26N2O4S/c1-5-31-25(30)19-16(2)21(24(29)27(3)4)32-23(19)26-22(28)20(17-12-8-6-9-13-17)18-14-10-7-11-15-18/h6-15,20H,5H2,1-4H3,(H,26,28). The number of nitrogens with zero attached hydrogens (tertiary/aromatic N) is 1. The Hall–Kier alpha value is -3.45. The minimum Gasteiger partial charge on any atom is -0.462 e. The molecule has 7 heteroatoms. The van der Waals surface area contributed by atoms with E-state index in [2.05, 4.69) is 5.32 Å². The molecule has 0 aliphatic heterocycles. The summed E-state index contributed by atoms with van der Waals surface area (Å²) in [5.74, 6) is -1.67. The average molecular weight is 451 g/mol. The summed E-state index contributed by atoms with van der Waals surface area (Å²) >= 11 is 1.09. The second kappa shape index (κ2) is 10.2. The van der Waals surface area contributed by atoms with Gasteiger partial charge in [-0.15, -0.1) is 11.3 Å². The van der Waals surface area contributed by atoms with Gasteiger partial charge in [0.05, 0.1) is 23.0 Å². The number of benzene rings is 2. The van der Waals surface area contributed by atoms with Crippen molar-refractivity contribution in [2.45, 2.75) is 19.8 Å². The van der Waals surface area contributed by atoms with Crippen molar-refractivity contribution in [1.82, 2.24) is 4.90 Å². The summed E-state index contributed by atoms with van der Waals surface area (Å²) in [7, 11) is 3.29. The van der Waals surface area contributed by atoms with E-state index < -0.39 is 11.9 Å². The quantitative estimate of drug-likeness (QED) is 0.529. The van der Waals surface area contributed by atoms with Crippen molar-refractivity contribution in [3.05, 3.63) is 87.8 Å². The van der Waals surface area contributed by atoms with Gasteiger partial charge in [-0.2, -0.15) is 0 Å². The summed E-state index contributed by atoms with van der Waals surface area (Å²) < 4.78 is 5.21. The fraction of sp³-hybridized carbons (Fsp3) is 0.240. The molecule has 1 heterocycles. The zero-order valence-corrected chi connectivity index (χ0v) is 19.4. The second-order valence-electron chi connectivity index (χ2n) is 7.42. The van der Waals surface area contributed by atoms with E-state index in [0.717, 1.165) is 22.5 Å². The van der Waals surface area contributed by atoms with Gasteiger partial charge in [0.15, 0.2) is 0 Å². The Labute approximate surface area is 191 Å². The number of anilines is 1. The molecule has 166 valence electrons. The van der Waals surface area contributed by atoms with Gasteiger partial charge in [0.25, 0.3) is 5.91 Å². The van der Waals surface area contributed by atoms with E-state index in [0.29, 0.717) is 15.4 Å². The van der Waals surface area contributed by atoms with Crippen LogP contribution in [0.3, 0.4) is 0 Å². The summed E-state index contributed by atoms with van der Waals surface area (Å²) in [5, 5.41) is 3.22. The maximum Gasteiger partial charge on any atom is 0.341 e. The Morgan fingerprint density at radius 1 is 0.969 bits per heavy atom. The van der Waals surface area contributed by atoms with Crippen LogP contribution in [0.4, 0.5) is 5.00 Å². The Morgan fingerprint density at radius 2 is 1.50 bits per heavy atom. The highest BCUT2D eigenvalue weighted by atomic mass is 32.1. The number of rotatable bonds is 7. The van der Waals surface area contributed by atoms with Crippen molar-refractivity contribution in [2.75, 3.05) is 26.0 Å². The van der Waals surface area contributed by atoms with Crippen LogP contribution < -0.4 is 5.32 Å². The molecule has 2 aromatic carbocycles. The number of esters is 1. The molecule has 0 radical (unpaired) electrons. The third-order valence-corrected chi connectivity index (χ3v) is 6.19. The monoisotopic (exact) mass is 450 g/mol. The van der Waals surface area contributed by atoms with Crippen LogP contribution in [0.25, 0.3) is 0 Å². The SMILES string of the molecule is CCOC(=O)c1c(NC(=O)C(c2ccccc2)c2ccccc2)sc(C(=O)N(C)C)c1C. The number of carbonyl (C=O) groups excluding carboxylic acids is 3. The van der Waals surface area contributed by atoms with Crippen LogP contribution >= 0.6 is 11.3 Å². The predicted octanol–water partition coefficient (Wildman–Crippen LogP) is 4.71. The van der Waals surface area contributed by atoms with Gasteiger partial charge in [-0.1, -0.05) is 60.7 Å². The Balaban J connectivity index is 2.05. The van der Waals surface area contributed by atoms with Gasteiger partial charge in [-0.05, 0) is 30.5 Å². The van der Waals surface area contributed by atoms with Crippen LogP contribution in [0.15, 0.2) is 60.7 Å². The number of carbonyl (C=O) groups is 3. The molecule has 32 heavy (non-hydrogen) atoms. The molecule has 1 aromatic heterocycles. The van der Waals surface area contributed by atoms with Gasteiger partial charge in [-0.3, -0.25) is 9.59 Å². The topological polar surface area (TPSA) is 75.7 Å². The number of amides is 2. The van der Waals surface area contributed by atoms with E-state index in [1.807, 2.05) is 60.7 Å². The van der Waals surface area contributed by atoms with Gasteiger partial charge in [0.2, 0.25) is 5.91 Å². The van der Waals surface area contributed by atoms with Gasteiger partial charge in [-0.25, -0.2) is 4.79 Å². The molecule has 3 aromatic rings. The zero-order chi connectivity index (χ0) is 23.3. The molecular weight excluding hydrogens is 424 g/mol. The van der Waals surface area contributed by atoms with E-state index in [4.69, 9.17) is 4.74 Å². The first kappa shape index (κ1) is 23.2. The molecule has 0 aliphatic carbocycles. The normalized spacial score (nSPS) is 10.7. The number of nitrogens with one attached hydrogen (secondary N) is 1. The van der Waals surface area contributed by atoms with E-state index in [1.54, 1.807) is 27.9 Å². The molecular formula is C25H26N2O4S. The molecule has 6 nitrogen and oxygen atoms in total. The highest BCUT2D eigenvalue weighted by molar-refractivity contribution is 7.18. The first-order chi connectivity index (χ1) is 15.3. The molecule has 0 unspecified atom stereocenters. The minimum atomic E-state index is -0.581. The third-order valence-electron chi connectivity index (χ3n) is 4.99.